The van der Waals surface area contributed by atoms with Crippen LogP contribution in [0.2, 0.25) is 0 Å². The molecule has 0 aromatic carbocycles. The summed E-state index contributed by atoms with van der Waals surface area (Å²) in [4.78, 5) is 22.6. The first-order valence-electron chi connectivity index (χ1n) is 11.9. The molecule has 0 aromatic rings. The SMILES string of the molecule is CC(COCSSC(C)(C)CCC(=O)NCCOCCOCCNC(=O)C(F)(F)F)CC(C)(C)CO. The van der Waals surface area contributed by atoms with E-state index in [0.29, 0.717) is 44.5 Å². The predicted octanol–water partition coefficient (Wildman–Crippen LogP) is 3.77. The van der Waals surface area contributed by atoms with Crippen LogP contribution in [0.4, 0.5) is 13.2 Å². The number of carbonyl (C=O) groups is 2. The molecule has 214 valence electrons. The molecule has 0 aliphatic heterocycles. The second kappa shape index (κ2) is 18.5. The highest BCUT2D eigenvalue weighted by atomic mass is 33.1. The van der Waals surface area contributed by atoms with Crippen molar-refractivity contribution in [3.05, 3.63) is 0 Å². The van der Waals surface area contributed by atoms with Gasteiger partial charge in [0.15, 0.2) is 0 Å². The molecule has 0 saturated carbocycles. The van der Waals surface area contributed by atoms with E-state index >= 15 is 0 Å². The van der Waals surface area contributed by atoms with Crippen molar-refractivity contribution < 1.29 is 42.1 Å². The van der Waals surface area contributed by atoms with E-state index in [-0.39, 0.29) is 49.0 Å². The molecule has 0 radical (unpaired) electrons. The molecule has 3 N–H and O–H groups in total. The maximum Gasteiger partial charge on any atom is 0.471 e. The van der Waals surface area contributed by atoms with Gasteiger partial charge in [0.05, 0.1) is 33.0 Å². The molecule has 36 heavy (non-hydrogen) atoms. The summed E-state index contributed by atoms with van der Waals surface area (Å²) in [6, 6.07) is 0. The second-order valence-electron chi connectivity index (χ2n) is 9.91. The summed E-state index contributed by atoms with van der Waals surface area (Å²) in [5, 5.41) is 13.8. The second-order valence-corrected chi connectivity index (χ2v) is 12.9. The number of ether oxygens (including phenoxy) is 3. The van der Waals surface area contributed by atoms with Crippen LogP contribution in [0.25, 0.3) is 0 Å². The van der Waals surface area contributed by atoms with Gasteiger partial charge in [0.2, 0.25) is 5.91 Å². The Kier molecular flexibility index (Phi) is 18.1. The quantitative estimate of drug-likeness (QED) is 0.110. The molecule has 0 saturated heterocycles. The highest BCUT2D eigenvalue weighted by Crippen LogP contribution is 2.38. The highest BCUT2D eigenvalue weighted by Gasteiger charge is 2.38. The van der Waals surface area contributed by atoms with Crippen molar-refractivity contribution in [3.63, 3.8) is 0 Å². The third-order valence-corrected chi connectivity index (χ3v) is 7.86. The Labute approximate surface area is 220 Å². The van der Waals surface area contributed by atoms with Crippen LogP contribution in [-0.2, 0) is 23.8 Å². The summed E-state index contributed by atoms with van der Waals surface area (Å²) in [6.45, 7) is 11.9. The van der Waals surface area contributed by atoms with Gasteiger partial charge in [-0.05, 0) is 38.0 Å². The summed E-state index contributed by atoms with van der Waals surface area (Å²) >= 11 is 0. The van der Waals surface area contributed by atoms with Gasteiger partial charge in [0.25, 0.3) is 0 Å². The van der Waals surface area contributed by atoms with E-state index in [9.17, 15) is 27.9 Å². The van der Waals surface area contributed by atoms with Crippen LogP contribution in [0, 0.1) is 11.3 Å². The third-order valence-electron chi connectivity index (χ3n) is 4.83. The lowest BCUT2D eigenvalue weighted by Gasteiger charge is -2.26. The Bertz CT molecular complexity index is 625. The largest absolute Gasteiger partial charge is 0.471 e. The minimum absolute atomic E-state index is 0.0534. The number of hydrogen-bond donors (Lipinski definition) is 3. The monoisotopic (exact) mass is 564 g/mol. The van der Waals surface area contributed by atoms with Crippen molar-refractivity contribution in [2.24, 2.45) is 11.3 Å². The van der Waals surface area contributed by atoms with Crippen LogP contribution >= 0.6 is 21.6 Å². The zero-order valence-electron chi connectivity index (χ0n) is 22.0. The normalized spacial score (nSPS) is 13.5. The van der Waals surface area contributed by atoms with Gasteiger partial charge >= 0.3 is 12.1 Å². The fraction of sp³-hybridized carbons (Fsp3) is 0.913. The van der Waals surface area contributed by atoms with Crippen molar-refractivity contribution in [3.8, 4) is 0 Å². The standard InChI is InChI=1S/C23H43F3N2O6S2/c1-18(14-21(2,3)16-29)15-34-17-35-36-22(4,5)7-6-19(30)27-8-10-32-12-13-33-11-9-28-20(31)23(24,25)26/h18,29H,6-17H2,1-5H3,(H,27,30)(H,28,31). The molecule has 13 heteroatoms. The van der Waals surface area contributed by atoms with E-state index < -0.39 is 12.1 Å². The first kappa shape index (κ1) is 35.3. The molecule has 0 rings (SSSR count). The van der Waals surface area contributed by atoms with E-state index in [0.717, 1.165) is 6.42 Å². The third kappa shape index (κ3) is 20.3. The van der Waals surface area contributed by atoms with Crippen molar-refractivity contribution in [2.75, 3.05) is 58.7 Å². The average molecular weight is 565 g/mol. The molecular weight excluding hydrogens is 521 g/mol. The van der Waals surface area contributed by atoms with Crippen molar-refractivity contribution >= 4 is 33.4 Å². The number of alkyl halides is 3. The maximum atomic E-state index is 12.0. The fourth-order valence-electron chi connectivity index (χ4n) is 3.00. The van der Waals surface area contributed by atoms with Gasteiger partial charge in [0, 0.05) is 30.9 Å². The van der Waals surface area contributed by atoms with E-state index in [1.807, 2.05) is 13.8 Å². The summed E-state index contributed by atoms with van der Waals surface area (Å²) < 4.78 is 52.0. The van der Waals surface area contributed by atoms with Crippen LogP contribution in [-0.4, -0.2) is 86.5 Å². The molecule has 0 aromatic heterocycles. The van der Waals surface area contributed by atoms with Crippen molar-refractivity contribution in [1.29, 1.82) is 0 Å². The fourth-order valence-corrected chi connectivity index (χ4v) is 5.27. The molecule has 2 amide bonds. The maximum absolute atomic E-state index is 12.0. The minimum Gasteiger partial charge on any atom is -0.396 e. The van der Waals surface area contributed by atoms with Crippen LogP contribution in [0.1, 0.15) is 53.9 Å². The number of hydrogen-bond acceptors (Lipinski definition) is 8. The molecule has 0 fully saturated rings. The highest BCUT2D eigenvalue weighted by molar-refractivity contribution is 8.77. The van der Waals surface area contributed by atoms with E-state index in [4.69, 9.17) is 14.2 Å². The summed E-state index contributed by atoms with van der Waals surface area (Å²) in [7, 11) is 3.31. The van der Waals surface area contributed by atoms with Gasteiger partial charge in [-0.3, -0.25) is 9.59 Å². The molecule has 1 atom stereocenters. The molecule has 8 nitrogen and oxygen atoms in total. The van der Waals surface area contributed by atoms with Gasteiger partial charge < -0.3 is 30.0 Å². The van der Waals surface area contributed by atoms with Crippen LogP contribution < -0.4 is 10.6 Å². The molecule has 0 aliphatic rings. The Morgan fingerprint density at radius 2 is 1.53 bits per heavy atom. The number of rotatable bonds is 21. The van der Waals surface area contributed by atoms with Gasteiger partial charge in [0.1, 0.15) is 5.94 Å². The molecule has 0 heterocycles. The number of nitrogens with one attached hydrogen (secondary N) is 2. The first-order chi connectivity index (χ1) is 16.7. The Morgan fingerprint density at radius 1 is 0.944 bits per heavy atom. The number of halogens is 3. The van der Waals surface area contributed by atoms with Crippen LogP contribution in [0.15, 0.2) is 0 Å². The molecular formula is C23H43F3N2O6S2. The number of aliphatic hydroxyl groups excluding tert-OH is 1. The number of aliphatic hydroxyl groups is 1. The smallest absolute Gasteiger partial charge is 0.396 e. The average Bonchev–Trinajstić information content (AvgIpc) is 2.77. The lowest BCUT2D eigenvalue weighted by atomic mass is 9.84. The molecule has 0 spiro atoms. The van der Waals surface area contributed by atoms with E-state index in [1.165, 1.54) is 0 Å². The Morgan fingerprint density at radius 3 is 2.08 bits per heavy atom. The van der Waals surface area contributed by atoms with Crippen molar-refractivity contribution in [2.45, 2.75) is 64.8 Å². The van der Waals surface area contributed by atoms with Crippen LogP contribution in [0.3, 0.4) is 0 Å². The van der Waals surface area contributed by atoms with E-state index in [2.05, 4.69) is 26.1 Å². The predicted molar refractivity (Wildman–Crippen MR) is 138 cm³/mol. The minimum atomic E-state index is -4.89. The lowest BCUT2D eigenvalue weighted by molar-refractivity contribution is -0.173. The van der Waals surface area contributed by atoms with Crippen molar-refractivity contribution in [1.82, 2.24) is 10.6 Å². The lowest BCUT2D eigenvalue weighted by Crippen LogP contribution is -2.38. The molecule has 0 aliphatic carbocycles. The summed E-state index contributed by atoms with van der Waals surface area (Å²) in [5.41, 5.74) is -0.0974. The Balaban J connectivity index is 3.69. The summed E-state index contributed by atoms with van der Waals surface area (Å²) in [5.74, 6) is -1.13. The van der Waals surface area contributed by atoms with Gasteiger partial charge in [-0.2, -0.15) is 13.2 Å². The molecule has 0 bridgehead atoms. The number of amides is 2. The zero-order chi connectivity index (χ0) is 27.7. The first-order valence-corrected chi connectivity index (χ1v) is 14.3. The van der Waals surface area contributed by atoms with Gasteiger partial charge in [-0.15, -0.1) is 0 Å². The van der Waals surface area contributed by atoms with Crippen LogP contribution in [0.5, 0.6) is 0 Å². The Hall–Kier alpha value is -0.730. The number of carbonyl (C=O) groups excluding carboxylic acids is 2. The topological polar surface area (TPSA) is 106 Å². The zero-order valence-corrected chi connectivity index (χ0v) is 23.6. The van der Waals surface area contributed by atoms with Gasteiger partial charge in [-0.25, -0.2) is 0 Å². The van der Waals surface area contributed by atoms with E-state index in [1.54, 1.807) is 26.9 Å². The molecule has 1 unspecified atom stereocenters. The van der Waals surface area contributed by atoms with Gasteiger partial charge in [-0.1, -0.05) is 42.4 Å². The summed E-state index contributed by atoms with van der Waals surface area (Å²) in [6.07, 6.45) is -2.90.